The summed E-state index contributed by atoms with van der Waals surface area (Å²) in [6, 6.07) is 0.643. The van der Waals surface area contributed by atoms with E-state index in [-0.39, 0.29) is 0 Å². The molecular formula is C9H23N3Si3. The fourth-order valence-corrected chi connectivity index (χ4v) is 14.4. The lowest BCUT2D eigenvalue weighted by atomic mass is 10.4. The molecule has 1 aliphatic heterocycles. The van der Waals surface area contributed by atoms with Gasteiger partial charge in [0.05, 0.1) is 0 Å². The van der Waals surface area contributed by atoms with Crippen molar-refractivity contribution in [1.82, 2.24) is 13.5 Å². The minimum atomic E-state index is -1.48. The molecule has 86 valence electrons. The number of nitrogens with one attached hydrogen (secondary N) is 2. The molecule has 0 aromatic carbocycles. The molecule has 0 bridgehead atoms. The van der Waals surface area contributed by atoms with Crippen LogP contribution in [0.4, 0.5) is 0 Å². The molecule has 1 rings (SSSR count). The van der Waals surface area contributed by atoms with E-state index in [4.69, 9.17) is 0 Å². The first-order chi connectivity index (χ1) is 6.93. The second-order valence-corrected chi connectivity index (χ2v) is 12.9. The van der Waals surface area contributed by atoms with Gasteiger partial charge in [-0.15, -0.1) is 0 Å². The van der Waals surface area contributed by atoms with Crippen molar-refractivity contribution in [3.05, 3.63) is 0 Å². The van der Waals surface area contributed by atoms with E-state index in [1.807, 2.05) is 0 Å². The lowest BCUT2D eigenvalue weighted by Gasteiger charge is -2.52. The highest BCUT2D eigenvalue weighted by Gasteiger charge is 2.48. The summed E-state index contributed by atoms with van der Waals surface area (Å²) in [4.78, 5) is 0. The molecule has 1 heterocycles. The summed E-state index contributed by atoms with van der Waals surface area (Å²) in [7, 11) is 0.0704. The molecule has 15 heavy (non-hydrogen) atoms. The average Bonchev–Trinajstić information content (AvgIpc) is 2.16. The molecule has 0 spiro atoms. The average molecular weight is 258 g/mol. The Morgan fingerprint density at radius 3 is 1.87 bits per heavy atom. The van der Waals surface area contributed by atoms with Gasteiger partial charge in [0.1, 0.15) is 0 Å². The minimum absolute atomic E-state index is 0.643. The number of hydrogen-bond acceptors (Lipinski definition) is 3. The molecule has 1 fully saturated rings. The number of nitrogens with zero attached hydrogens (tertiary/aromatic N) is 1. The highest BCUT2D eigenvalue weighted by atomic mass is 28.4. The second kappa shape index (κ2) is 5.24. The smallest absolute Gasteiger partial charge is 0.235 e. The Bertz CT molecular complexity index is 201. The van der Waals surface area contributed by atoms with Crippen molar-refractivity contribution in [3.63, 3.8) is 0 Å². The van der Waals surface area contributed by atoms with Crippen LogP contribution in [0.25, 0.3) is 0 Å². The summed E-state index contributed by atoms with van der Waals surface area (Å²) in [5.74, 6) is 0. The SMILES string of the molecule is CC(C)N1[Si]N[Si]N[Si]1(C(C)C)C(C)C. The highest BCUT2D eigenvalue weighted by molar-refractivity contribution is 6.89. The quantitative estimate of drug-likeness (QED) is 0.745. The van der Waals surface area contributed by atoms with E-state index in [1.165, 1.54) is 0 Å². The Labute approximate surface area is 101 Å². The Morgan fingerprint density at radius 1 is 1.00 bits per heavy atom. The van der Waals surface area contributed by atoms with Gasteiger partial charge in [0.15, 0.2) is 8.40 Å². The second-order valence-electron chi connectivity index (χ2n) is 5.09. The summed E-state index contributed by atoms with van der Waals surface area (Å²) < 4.78 is 10.1. The van der Waals surface area contributed by atoms with Gasteiger partial charge < -0.3 is 13.5 Å². The third-order valence-corrected chi connectivity index (χ3v) is 13.3. The molecule has 2 N–H and O–H groups in total. The van der Waals surface area contributed by atoms with Crippen molar-refractivity contribution in [1.29, 1.82) is 0 Å². The molecule has 1 saturated heterocycles. The molecule has 1 aliphatic rings. The Hall–Kier alpha value is 0.531. The molecule has 0 saturated carbocycles. The minimum Gasteiger partial charge on any atom is -0.337 e. The zero-order valence-corrected chi connectivity index (χ0v) is 13.7. The first kappa shape index (κ1) is 13.6. The summed E-state index contributed by atoms with van der Waals surface area (Å²) in [5, 5.41) is 0. The summed E-state index contributed by atoms with van der Waals surface area (Å²) in [5.41, 5.74) is 1.53. The summed E-state index contributed by atoms with van der Waals surface area (Å²) in [6.45, 7) is 14.2. The largest absolute Gasteiger partial charge is 0.337 e. The van der Waals surface area contributed by atoms with Gasteiger partial charge in [-0.1, -0.05) is 41.5 Å². The van der Waals surface area contributed by atoms with Crippen LogP contribution in [0.5, 0.6) is 0 Å². The topological polar surface area (TPSA) is 27.3 Å². The maximum absolute atomic E-state index is 3.85. The van der Waals surface area contributed by atoms with Crippen LogP contribution >= 0.6 is 0 Å². The van der Waals surface area contributed by atoms with Gasteiger partial charge in [0.2, 0.25) is 19.7 Å². The van der Waals surface area contributed by atoms with Gasteiger partial charge in [0, 0.05) is 0 Å². The van der Waals surface area contributed by atoms with Crippen molar-refractivity contribution in [2.45, 2.75) is 58.7 Å². The predicted molar refractivity (Wildman–Crippen MR) is 70.7 cm³/mol. The van der Waals surface area contributed by atoms with Gasteiger partial charge in [-0.25, -0.2) is 0 Å². The van der Waals surface area contributed by atoms with Crippen LogP contribution in [0, 0.1) is 0 Å². The lowest BCUT2D eigenvalue weighted by molar-refractivity contribution is 0.481. The van der Waals surface area contributed by atoms with Crippen molar-refractivity contribution in [2.75, 3.05) is 0 Å². The fourth-order valence-electron chi connectivity index (χ4n) is 2.44. The van der Waals surface area contributed by atoms with E-state index >= 15 is 0 Å². The molecule has 0 atom stereocenters. The Balaban J connectivity index is 2.99. The molecular weight excluding hydrogens is 234 g/mol. The van der Waals surface area contributed by atoms with Gasteiger partial charge in [-0.05, 0) is 17.1 Å². The first-order valence-electron chi connectivity index (χ1n) is 5.75. The zero-order valence-electron chi connectivity index (χ0n) is 10.7. The van der Waals surface area contributed by atoms with E-state index < -0.39 is 8.40 Å². The van der Waals surface area contributed by atoms with Crippen LogP contribution in [0.2, 0.25) is 11.1 Å². The molecule has 0 aromatic rings. The maximum atomic E-state index is 3.85. The molecule has 0 aliphatic carbocycles. The zero-order chi connectivity index (χ0) is 11.6. The molecule has 0 unspecified atom stereocenters. The fraction of sp³-hybridized carbons (Fsp3) is 1.00. The highest BCUT2D eigenvalue weighted by Crippen LogP contribution is 2.34. The van der Waals surface area contributed by atoms with Gasteiger partial charge in [-0.2, -0.15) is 0 Å². The van der Waals surface area contributed by atoms with Crippen molar-refractivity contribution in [2.24, 2.45) is 0 Å². The third-order valence-electron chi connectivity index (χ3n) is 3.18. The third kappa shape index (κ3) is 2.45. The van der Waals surface area contributed by atoms with E-state index in [0.29, 0.717) is 6.04 Å². The van der Waals surface area contributed by atoms with Gasteiger partial charge in [0.25, 0.3) is 0 Å². The first-order valence-corrected chi connectivity index (χ1v) is 9.80. The van der Waals surface area contributed by atoms with Crippen LogP contribution in [-0.2, 0) is 0 Å². The predicted octanol–water partition coefficient (Wildman–Crippen LogP) is 1.22. The van der Waals surface area contributed by atoms with E-state index in [0.717, 1.165) is 30.8 Å². The van der Waals surface area contributed by atoms with Crippen molar-refractivity contribution >= 4 is 28.1 Å². The summed E-state index contributed by atoms with van der Waals surface area (Å²) in [6.07, 6.45) is 0. The summed E-state index contributed by atoms with van der Waals surface area (Å²) >= 11 is 0. The van der Waals surface area contributed by atoms with Crippen LogP contribution in [-0.4, -0.2) is 38.4 Å². The van der Waals surface area contributed by atoms with E-state index in [2.05, 4.69) is 55.1 Å². The molecule has 4 radical (unpaired) electrons. The van der Waals surface area contributed by atoms with E-state index in [9.17, 15) is 0 Å². The molecule has 6 heteroatoms. The standard InChI is InChI=1S/C9H23N3Si3/c1-7(2)12-14-10-13-11-15(12,8(3)4)9(5)6/h7-11H,1-6H3. The van der Waals surface area contributed by atoms with Crippen LogP contribution in [0.15, 0.2) is 0 Å². The van der Waals surface area contributed by atoms with E-state index in [1.54, 1.807) is 0 Å². The normalized spacial score (nSPS) is 23.0. The number of rotatable bonds is 3. The molecule has 0 amide bonds. The lowest BCUT2D eigenvalue weighted by Crippen LogP contribution is -2.78. The van der Waals surface area contributed by atoms with Crippen LogP contribution < -0.4 is 9.30 Å². The monoisotopic (exact) mass is 257 g/mol. The molecule has 0 aromatic heterocycles. The Kier molecular flexibility index (Phi) is 4.75. The van der Waals surface area contributed by atoms with Crippen molar-refractivity contribution in [3.8, 4) is 0 Å². The number of hydrogen-bond donors (Lipinski definition) is 2. The maximum Gasteiger partial charge on any atom is 0.235 e. The van der Waals surface area contributed by atoms with Crippen LogP contribution in [0.3, 0.4) is 0 Å². The Morgan fingerprint density at radius 2 is 1.53 bits per heavy atom. The van der Waals surface area contributed by atoms with Gasteiger partial charge in [-0.3, -0.25) is 0 Å². The van der Waals surface area contributed by atoms with Crippen LogP contribution in [0.1, 0.15) is 41.5 Å². The van der Waals surface area contributed by atoms with Crippen molar-refractivity contribution < 1.29 is 0 Å². The van der Waals surface area contributed by atoms with Gasteiger partial charge >= 0.3 is 0 Å². The molecule has 3 nitrogen and oxygen atoms in total.